The Hall–Kier alpha value is -6.90. The predicted molar refractivity (Wildman–Crippen MR) is 230 cm³/mol. The summed E-state index contributed by atoms with van der Waals surface area (Å²) < 4.78 is 2.43. The number of nitrogens with zero attached hydrogens (tertiary/aromatic N) is 2. The molecule has 9 aromatic rings. The topological polar surface area (TPSA) is 8.17 Å². The highest BCUT2D eigenvalue weighted by Crippen LogP contribution is 2.41. The van der Waals surface area contributed by atoms with Crippen LogP contribution in [0.2, 0.25) is 0 Å². The van der Waals surface area contributed by atoms with Gasteiger partial charge >= 0.3 is 0 Å². The van der Waals surface area contributed by atoms with Gasteiger partial charge in [-0.05, 0) is 112 Å². The maximum absolute atomic E-state index is 2.43. The van der Waals surface area contributed by atoms with Crippen LogP contribution in [0.4, 0.5) is 17.1 Å². The van der Waals surface area contributed by atoms with E-state index in [1.54, 1.807) is 0 Å². The zero-order valence-electron chi connectivity index (χ0n) is 29.9. The van der Waals surface area contributed by atoms with Crippen molar-refractivity contribution in [1.29, 1.82) is 0 Å². The number of fused-ring (bicyclic) bond motifs is 5. The van der Waals surface area contributed by atoms with Gasteiger partial charge in [0.1, 0.15) is 0 Å². The van der Waals surface area contributed by atoms with Gasteiger partial charge in [0.15, 0.2) is 0 Å². The van der Waals surface area contributed by atoms with Crippen molar-refractivity contribution in [2.75, 3.05) is 4.90 Å². The predicted octanol–water partition coefficient (Wildman–Crippen LogP) is 14.5. The van der Waals surface area contributed by atoms with Gasteiger partial charge in [-0.15, -0.1) is 0 Å². The molecule has 0 bridgehead atoms. The largest absolute Gasteiger partial charge is 0.310 e. The highest BCUT2D eigenvalue weighted by atomic mass is 15.1. The quantitative estimate of drug-likeness (QED) is 0.162. The Bertz CT molecular complexity index is 2840. The summed E-state index contributed by atoms with van der Waals surface area (Å²) in [6.45, 7) is 0. The molecular formula is C52H38N2. The Morgan fingerprint density at radius 1 is 0.426 bits per heavy atom. The molecule has 1 aliphatic carbocycles. The van der Waals surface area contributed by atoms with Gasteiger partial charge in [-0.1, -0.05) is 146 Å². The van der Waals surface area contributed by atoms with E-state index in [1.807, 2.05) is 0 Å². The van der Waals surface area contributed by atoms with E-state index in [-0.39, 0.29) is 0 Å². The summed E-state index contributed by atoms with van der Waals surface area (Å²) in [6, 6.07) is 68.6. The minimum absolute atomic E-state index is 1.08. The number of aromatic nitrogens is 1. The number of hydrogen-bond acceptors (Lipinski definition) is 1. The second-order valence-electron chi connectivity index (χ2n) is 14.1. The minimum atomic E-state index is 1.08. The first-order valence-corrected chi connectivity index (χ1v) is 18.8. The van der Waals surface area contributed by atoms with E-state index in [0.717, 1.165) is 29.9 Å². The second kappa shape index (κ2) is 13.6. The Balaban J connectivity index is 1.10. The molecule has 0 fully saturated rings. The van der Waals surface area contributed by atoms with Crippen LogP contribution in [0.5, 0.6) is 0 Å². The third-order valence-electron chi connectivity index (χ3n) is 10.8. The molecule has 0 unspecified atom stereocenters. The van der Waals surface area contributed by atoms with Gasteiger partial charge in [-0.25, -0.2) is 0 Å². The smallest absolute Gasteiger partial charge is 0.0619 e. The van der Waals surface area contributed by atoms with Crippen molar-refractivity contribution in [3.05, 3.63) is 212 Å². The van der Waals surface area contributed by atoms with Crippen LogP contribution in [0.1, 0.15) is 18.4 Å². The van der Waals surface area contributed by atoms with Crippen molar-refractivity contribution in [3.63, 3.8) is 0 Å². The van der Waals surface area contributed by atoms with E-state index >= 15 is 0 Å². The number of rotatable bonds is 7. The SMILES string of the molecule is C1=CCCC(c2ccc(N(c3ccc(-c4ccccc4)cc3)c3cccc(-c4ccc5c(c4)c4ccc6ccccc6c4n5-c4ccccc4)c3)cc2)=C1. The fourth-order valence-corrected chi connectivity index (χ4v) is 8.18. The van der Waals surface area contributed by atoms with Gasteiger partial charge in [0.25, 0.3) is 0 Å². The molecule has 1 heterocycles. The highest BCUT2D eigenvalue weighted by Gasteiger charge is 2.18. The number of benzene rings is 8. The van der Waals surface area contributed by atoms with Crippen molar-refractivity contribution in [2.24, 2.45) is 0 Å². The summed E-state index contributed by atoms with van der Waals surface area (Å²) in [5.41, 5.74) is 14.4. The molecule has 0 saturated heterocycles. The average Bonchev–Trinajstić information content (AvgIpc) is 3.60. The van der Waals surface area contributed by atoms with Crippen LogP contribution in [0.25, 0.3) is 66.1 Å². The normalized spacial score (nSPS) is 12.7. The summed E-state index contributed by atoms with van der Waals surface area (Å²) in [7, 11) is 0. The number of anilines is 3. The first-order chi connectivity index (χ1) is 26.8. The lowest BCUT2D eigenvalue weighted by molar-refractivity contribution is 1.05. The lowest BCUT2D eigenvalue weighted by atomic mass is 9.97. The molecule has 0 amide bonds. The van der Waals surface area contributed by atoms with Gasteiger partial charge in [-0.3, -0.25) is 0 Å². The molecule has 0 spiro atoms. The summed E-state index contributed by atoms with van der Waals surface area (Å²) in [6.07, 6.45) is 8.84. The Labute approximate surface area is 316 Å². The summed E-state index contributed by atoms with van der Waals surface area (Å²) in [5, 5.41) is 5.01. The summed E-state index contributed by atoms with van der Waals surface area (Å²) in [4.78, 5) is 2.38. The monoisotopic (exact) mass is 690 g/mol. The van der Waals surface area contributed by atoms with E-state index in [9.17, 15) is 0 Å². The summed E-state index contributed by atoms with van der Waals surface area (Å²) >= 11 is 0. The van der Waals surface area contributed by atoms with E-state index in [0.29, 0.717) is 0 Å². The standard InChI is InChI=1S/C52H38N2/c1-4-13-37(14-5-1)39-23-29-45(30-24-39)53(46-31-25-40(26-32-46)38-15-6-2-7-16-38)47-21-12-18-42(35-47)43-28-34-51-50(36-43)49-33-27-41-17-10-11-22-48(41)52(49)54(51)44-19-8-3-9-20-44/h1-6,8-15,17-36H,7,16H2. The molecule has 2 heteroatoms. The Morgan fingerprint density at radius 3 is 1.83 bits per heavy atom. The molecule has 0 atom stereocenters. The average molecular weight is 691 g/mol. The molecule has 1 aliphatic rings. The van der Waals surface area contributed by atoms with Crippen molar-refractivity contribution >= 4 is 55.2 Å². The first-order valence-electron chi connectivity index (χ1n) is 18.8. The fourth-order valence-electron chi connectivity index (χ4n) is 8.18. The van der Waals surface area contributed by atoms with Crippen LogP contribution >= 0.6 is 0 Å². The molecule has 8 aromatic carbocycles. The van der Waals surface area contributed by atoms with E-state index in [2.05, 4.69) is 216 Å². The fraction of sp³-hybridized carbons (Fsp3) is 0.0385. The molecule has 0 N–H and O–H groups in total. The molecule has 0 aliphatic heterocycles. The van der Waals surface area contributed by atoms with Gasteiger partial charge in [0.2, 0.25) is 0 Å². The Morgan fingerprint density at radius 2 is 1.07 bits per heavy atom. The van der Waals surface area contributed by atoms with Crippen molar-refractivity contribution in [3.8, 4) is 27.9 Å². The van der Waals surface area contributed by atoms with Gasteiger partial charge < -0.3 is 9.47 Å². The molecule has 256 valence electrons. The lowest BCUT2D eigenvalue weighted by Gasteiger charge is -2.26. The second-order valence-corrected chi connectivity index (χ2v) is 14.1. The van der Waals surface area contributed by atoms with Crippen LogP contribution in [-0.2, 0) is 0 Å². The lowest BCUT2D eigenvalue weighted by Crippen LogP contribution is -2.10. The third-order valence-corrected chi connectivity index (χ3v) is 10.8. The van der Waals surface area contributed by atoms with Gasteiger partial charge in [0, 0.05) is 38.9 Å². The van der Waals surface area contributed by atoms with Crippen LogP contribution in [0.15, 0.2) is 206 Å². The zero-order chi connectivity index (χ0) is 35.8. The molecule has 0 radical (unpaired) electrons. The van der Waals surface area contributed by atoms with E-state index < -0.39 is 0 Å². The summed E-state index contributed by atoms with van der Waals surface area (Å²) in [5.74, 6) is 0. The molecular weight excluding hydrogens is 653 g/mol. The number of allylic oxidation sites excluding steroid dienone is 4. The maximum Gasteiger partial charge on any atom is 0.0619 e. The number of hydrogen-bond donors (Lipinski definition) is 0. The van der Waals surface area contributed by atoms with Gasteiger partial charge in [-0.2, -0.15) is 0 Å². The van der Waals surface area contributed by atoms with Crippen LogP contribution in [0.3, 0.4) is 0 Å². The van der Waals surface area contributed by atoms with Crippen molar-refractivity contribution in [1.82, 2.24) is 4.57 Å². The van der Waals surface area contributed by atoms with Gasteiger partial charge in [0.05, 0.1) is 11.0 Å². The van der Waals surface area contributed by atoms with Crippen LogP contribution in [-0.4, -0.2) is 4.57 Å². The molecule has 1 aromatic heterocycles. The third kappa shape index (κ3) is 5.70. The number of para-hydroxylation sites is 1. The molecule has 0 saturated carbocycles. The van der Waals surface area contributed by atoms with Crippen LogP contribution < -0.4 is 4.90 Å². The Kier molecular flexibility index (Phi) is 8.00. The van der Waals surface area contributed by atoms with Crippen molar-refractivity contribution in [2.45, 2.75) is 12.8 Å². The zero-order valence-corrected chi connectivity index (χ0v) is 29.9. The van der Waals surface area contributed by atoms with E-state index in [1.165, 1.54) is 71.7 Å². The molecule has 54 heavy (non-hydrogen) atoms. The first kappa shape index (κ1) is 31.8. The maximum atomic E-state index is 2.43. The minimum Gasteiger partial charge on any atom is -0.310 e. The van der Waals surface area contributed by atoms with Crippen molar-refractivity contribution < 1.29 is 0 Å². The van der Waals surface area contributed by atoms with Crippen LogP contribution in [0, 0.1) is 0 Å². The van der Waals surface area contributed by atoms with E-state index in [4.69, 9.17) is 0 Å². The highest BCUT2D eigenvalue weighted by molar-refractivity contribution is 6.19. The molecule has 10 rings (SSSR count). The molecule has 2 nitrogen and oxygen atoms in total.